The third kappa shape index (κ3) is 3.32. The second-order valence-corrected chi connectivity index (χ2v) is 4.64. The SMILES string of the molecule is Cc1ccc(/C(=C\c2cccc(C)c2)C(=O)O)cc1. The van der Waals surface area contributed by atoms with Crippen LogP contribution in [0.1, 0.15) is 22.3 Å². The second-order valence-electron chi connectivity index (χ2n) is 4.64. The molecule has 0 aliphatic heterocycles. The van der Waals surface area contributed by atoms with Crippen LogP contribution in [0.2, 0.25) is 0 Å². The lowest BCUT2D eigenvalue weighted by atomic mass is 10.0. The highest BCUT2D eigenvalue weighted by Crippen LogP contribution is 2.19. The minimum Gasteiger partial charge on any atom is -0.478 e. The van der Waals surface area contributed by atoms with E-state index in [4.69, 9.17) is 0 Å². The third-order valence-corrected chi connectivity index (χ3v) is 2.95. The molecule has 2 heteroatoms. The van der Waals surface area contributed by atoms with E-state index >= 15 is 0 Å². The standard InChI is InChI=1S/C17H16O2/c1-12-6-8-15(9-7-12)16(17(18)19)11-14-5-3-4-13(2)10-14/h3-11H,1-2H3,(H,18,19)/b16-11+. The first-order valence-corrected chi connectivity index (χ1v) is 6.15. The number of carboxylic acids is 1. The minimum atomic E-state index is -0.912. The van der Waals surface area contributed by atoms with Crippen molar-refractivity contribution in [1.29, 1.82) is 0 Å². The Bertz CT molecular complexity index is 622. The summed E-state index contributed by atoms with van der Waals surface area (Å²) in [5.41, 5.74) is 4.16. The summed E-state index contributed by atoms with van der Waals surface area (Å²) in [5.74, 6) is -0.912. The summed E-state index contributed by atoms with van der Waals surface area (Å²) >= 11 is 0. The fourth-order valence-electron chi connectivity index (χ4n) is 1.93. The van der Waals surface area contributed by atoms with Crippen LogP contribution in [0.15, 0.2) is 48.5 Å². The Morgan fingerprint density at radius 1 is 1.00 bits per heavy atom. The summed E-state index contributed by atoms with van der Waals surface area (Å²) in [5, 5.41) is 9.36. The summed E-state index contributed by atoms with van der Waals surface area (Å²) in [6, 6.07) is 15.3. The molecule has 0 spiro atoms. The van der Waals surface area contributed by atoms with Crippen molar-refractivity contribution >= 4 is 17.6 Å². The molecular weight excluding hydrogens is 236 g/mol. The molecule has 2 aromatic carbocycles. The first-order valence-electron chi connectivity index (χ1n) is 6.15. The zero-order chi connectivity index (χ0) is 13.8. The predicted octanol–water partition coefficient (Wildman–Crippen LogP) is 3.93. The first kappa shape index (κ1) is 13.1. The van der Waals surface area contributed by atoms with Gasteiger partial charge in [-0.2, -0.15) is 0 Å². The van der Waals surface area contributed by atoms with Crippen LogP contribution >= 0.6 is 0 Å². The van der Waals surface area contributed by atoms with E-state index in [1.807, 2.05) is 62.4 Å². The van der Waals surface area contributed by atoms with Gasteiger partial charge in [-0.15, -0.1) is 0 Å². The number of hydrogen-bond donors (Lipinski definition) is 1. The van der Waals surface area contributed by atoms with Crippen LogP contribution in [0, 0.1) is 13.8 Å². The van der Waals surface area contributed by atoms with E-state index in [-0.39, 0.29) is 0 Å². The van der Waals surface area contributed by atoms with E-state index in [1.54, 1.807) is 6.08 Å². The molecule has 0 fully saturated rings. The summed E-state index contributed by atoms with van der Waals surface area (Å²) in [6.45, 7) is 3.97. The number of aliphatic carboxylic acids is 1. The molecule has 0 radical (unpaired) electrons. The number of carbonyl (C=O) groups is 1. The summed E-state index contributed by atoms with van der Waals surface area (Å²) in [7, 11) is 0. The molecule has 2 aromatic rings. The van der Waals surface area contributed by atoms with Gasteiger partial charge in [-0.05, 0) is 31.1 Å². The molecule has 0 amide bonds. The maximum absolute atomic E-state index is 11.4. The molecule has 96 valence electrons. The average Bonchev–Trinajstić information content (AvgIpc) is 2.37. The Labute approximate surface area is 113 Å². The maximum atomic E-state index is 11.4. The van der Waals surface area contributed by atoms with Crippen LogP contribution in [-0.2, 0) is 4.79 Å². The predicted molar refractivity (Wildman–Crippen MR) is 77.9 cm³/mol. The molecule has 0 atom stereocenters. The van der Waals surface area contributed by atoms with E-state index in [0.717, 1.165) is 22.3 Å². The van der Waals surface area contributed by atoms with Gasteiger partial charge in [0.15, 0.2) is 0 Å². The van der Waals surface area contributed by atoms with Gasteiger partial charge in [0.05, 0.1) is 5.57 Å². The maximum Gasteiger partial charge on any atom is 0.336 e. The van der Waals surface area contributed by atoms with Crippen LogP contribution in [0.25, 0.3) is 11.6 Å². The Hall–Kier alpha value is -2.35. The third-order valence-electron chi connectivity index (χ3n) is 2.95. The topological polar surface area (TPSA) is 37.3 Å². The summed E-state index contributed by atoms with van der Waals surface area (Å²) in [6.07, 6.45) is 1.71. The van der Waals surface area contributed by atoms with Crippen LogP contribution in [-0.4, -0.2) is 11.1 Å². The van der Waals surface area contributed by atoms with Gasteiger partial charge in [0.25, 0.3) is 0 Å². The van der Waals surface area contributed by atoms with Crippen molar-refractivity contribution in [1.82, 2.24) is 0 Å². The second kappa shape index (κ2) is 5.53. The lowest BCUT2D eigenvalue weighted by Gasteiger charge is -2.04. The quantitative estimate of drug-likeness (QED) is 0.664. The number of rotatable bonds is 3. The molecular formula is C17H16O2. The highest BCUT2D eigenvalue weighted by atomic mass is 16.4. The molecule has 1 N–H and O–H groups in total. The van der Waals surface area contributed by atoms with Crippen LogP contribution < -0.4 is 0 Å². The first-order chi connectivity index (χ1) is 9.06. The van der Waals surface area contributed by atoms with Gasteiger partial charge in [0, 0.05) is 0 Å². The number of aryl methyl sites for hydroxylation is 2. The van der Waals surface area contributed by atoms with Crippen molar-refractivity contribution in [3.05, 3.63) is 70.8 Å². The van der Waals surface area contributed by atoms with Crippen molar-refractivity contribution in [2.24, 2.45) is 0 Å². The van der Waals surface area contributed by atoms with Crippen molar-refractivity contribution < 1.29 is 9.90 Å². The van der Waals surface area contributed by atoms with Gasteiger partial charge in [-0.25, -0.2) is 4.79 Å². The highest BCUT2D eigenvalue weighted by molar-refractivity contribution is 6.20. The smallest absolute Gasteiger partial charge is 0.336 e. The molecule has 2 nitrogen and oxygen atoms in total. The van der Waals surface area contributed by atoms with Gasteiger partial charge in [0.1, 0.15) is 0 Å². The molecule has 0 aliphatic carbocycles. The molecule has 0 saturated heterocycles. The lowest BCUT2D eigenvalue weighted by molar-refractivity contribution is -0.130. The lowest BCUT2D eigenvalue weighted by Crippen LogP contribution is -1.99. The molecule has 0 aliphatic rings. The van der Waals surface area contributed by atoms with Gasteiger partial charge >= 0.3 is 5.97 Å². The van der Waals surface area contributed by atoms with E-state index in [0.29, 0.717) is 5.57 Å². The average molecular weight is 252 g/mol. The van der Waals surface area contributed by atoms with E-state index in [1.165, 1.54) is 0 Å². The fourth-order valence-corrected chi connectivity index (χ4v) is 1.93. The van der Waals surface area contributed by atoms with Gasteiger partial charge in [-0.1, -0.05) is 59.7 Å². The molecule has 0 saturated carbocycles. The Morgan fingerprint density at radius 2 is 1.68 bits per heavy atom. The van der Waals surface area contributed by atoms with Crippen LogP contribution in [0.3, 0.4) is 0 Å². The number of hydrogen-bond acceptors (Lipinski definition) is 1. The van der Waals surface area contributed by atoms with Crippen LogP contribution in [0.5, 0.6) is 0 Å². The van der Waals surface area contributed by atoms with Crippen molar-refractivity contribution in [2.75, 3.05) is 0 Å². The molecule has 19 heavy (non-hydrogen) atoms. The van der Waals surface area contributed by atoms with Gasteiger partial charge < -0.3 is 5.11 Å². The van der Waals surface area contributed by atoms with E-state index in [2.05, 4.69) is 0 Å². The van der Waals surface area contributed by atoms with Crippen molar-refractivity contribution in [2.45, 2.75) is 13.8 Å². The van der Waals surface area contributed by atoms with Gasteiger partial charge in [0.2, 0.25) is 0 Å². The van der Waals surface area contributed by atoms with E-state index in [9.17, 15) is 9.90 Å². The van der Waals surface area contributed by atoms with Gasteiger partial charge in [-0.3, -0.25) is 0 Å². The summed E-state index contributed by atoms with van der Waals surface area (Å²) in [4.78, 5) is 11.4. The Kier molecular flexibility index (Phi) is 3.81. The summed E-state index contributed by atoms with van der Waals surface area (Å²) < 4.78 is 0. The Balaban J connectivity index is 2.46. The van der Waals surface area contributed by atoms with Crippen molar-refractivity contribution in [3.63, 3.8) is 0 Å². The molecule has 0 aromatic heterocycles. The number of benzene rings is 2. The minimum absolute atomic E-state index is 0.311. The largest absolute Gasteiger partial charge is 0.478 e. The van der Waals surface area contributed by atoms with Crippen LogP contribution in [0.4, 0.5) is 0 Å². The zero-order valence-electron chi connectivity index (χ0n) is 11.1. The highest BCUT2D eigenvalue weighted by Gasteiger charge is 2.10. The molecule has 0 bridgehead atoms. The molecule has 0 heterocycles. The normalized spacial score (nSPS) is 11.4. The Morgan fingerprint density at radius 3 is 2.26 bits per heavy atom. The molecule has 0 unspecified atom stereocenters. The zero-order valence-corrected chi connectivity index (χ0v) is 11.1. The van der Waals surface area contributed by atoms with E-state index < -0.39 is 5.97 Å². The fraction of sp³-hybridized carbons (Fsp3) is 0.118. The molecule has 2 rings (SSSR count). The number of carboxylic acid groups (broad SMARTS) is 1. The van der Waals surface area contributed by atoms with Crippen molar-refractivity contribution in [3.8, 4) is 0 Å². The monoisotopic (exact) mass is 252 g/mol.